The van der Waals surface area contributed by atoms with Crippen molar-refractivity contribution in [3.63, 3.8) is 0 Å². The van der Waals surface area contributed by atoms with E-state index in [0.29, 0.717) is 0 Å². The van der Waals surface area contributed by atoms with Crippen LogP contribution in [0.2, 0.25) is 0 Å². The number of hydrogen-bond donors (Lipinski definition) is 0. The van der Waals surface area contributed by atoms with Crippen molar-refractivity contribution in [1.29, 1.82) is 0 Å². The number of amidine groups is 1. The van der Waals surface area contributed by atoms with Gasteiger partial charge in [0.25, 0.3) is 0 Å². The average Bonchev–Trinajstić information content (AvgIpc) is 3.99. The molecule has 394 valence electrons. The molecular weight excluding hydrogens is 857 g/mol. The molecule has 0 amide bonds. The quantitative estimate of drug-likeness (QED) is 0.152. The zero-order chi connectivity index (χ0) is 55.7. The maximum absolute atomic E-state index is 4.59. The summed E-state index contributed by atoms with van der Waals surface area (Å²) in [5, 5.41) is 5.04. The maximum atomic E-state index is 4.59. The van der Waals surface area contributed by atoms with Crippen molar-refractivity contribution in [2.24, 2.45) is 26.1 Å². The Kier molecular flexibility index (Phi) is 46.5. The summed E-state index contributed by atoms with van der Waals surface area (Å²) in [6.45, 7) is 52.2. The third-order valence-corrected chi connectivity index (χ3v) is 9.81. The fourth-order valence-electron chi connectivity index (χ4n) is 6.25. The highest BCUT2D eigenvalue weighted by atomic mass is 15.2. The fourth-order valence-corrected chi connectivity index (χ4v) is 6.25. The summed E-state index contributed by atoms with van der Waals surface area (Å²) in [5.74, 6) is 4.25. The summed E-state index contributed by atoms with van der Waals surface area (Å²) in [6, 6.07) is 33.5. The van der Waals surface area contributed by atoms with Gasteiger partial charge < -0.3 is 18.6 Å². The highest BCUT2D eigenvalue weighted by Crippen LogP contribution is 2.37. The Hall–Kier alpha value is -5.76. The molecule has 0 fully saturated rings. The van der Waals surface area contributed by atoms with Crippen LogP contribution in [0.5, 0.6) is 0 Å². The van der Waals surface area contributed by atoms with Gasteiger partial charge in [0.15, 0.2) is 0 Å². The molecule has 0 saturated heterocycles. The van der Waals surface area contributed by atoms with Gasteiger partial charge in [-0.25, -0.2) is 19.9 Å². The number of hydrogen-bond acceptors (Lipinski definition) is 5. The van der Waals surface area contributed by atoms with Gasteiger partial charge in [-0.2, -0.15) is 0 Å². The van der Waals surface area contributed by atoms with Gasteiger partial charge in [-0.15, -0.1) is 0 Å². The van der Waals surface area contributed by atoms with Gasteiger partial charge in [-0.3, -0.25) is 0 Å². The van der Waals surface area contributed by atoms with E-state index >= 15 is 0 Å². The number of anilines is 1. The second-order valence-corrected chi connectivity index (χ2v) is 12.9. The lowest BCUT2D eigenvalue weighted by Gasteiger charge is -2.25. The minimum atomic E-state index is 1.04. The van der Waals surface area contributed by atoms with Gasteiger partial charge >= 0.3 is 0 Å². The Balaban J connectivity index is -0.000000242. The third kappa shape index (κ3) is 21.5. The molecule has 0 aliphatic carbocycles. The van der Waals surface area contributed by atoms with Gasteiger partial charge in [0.05, 0.1) is 39.1 Å². The van der Waals surface area contributed by atoms with E-state index in [1.807, 2.05) is 205 Å². The first-order valence-corrected chi connectivity index (χ1v) is 26.9. The van der Waals surface area contributed by atoms with Crippen LogP contribution in [0, 0.1) is 34.6 Å². The molecule has 1 aliphatic rings. The van der Waals surface area contributed by atoms with Gasteiger partial charge in [0, 0.05) is 39.3 Å². The molecule has 4 heterocycles. The van der Waals surface area contributed by atoms with Gasteiger partial charge in [-0.05, 0) is 94.1 Å². The summed E-state index contributed by atoms with van der Waals surface area (Å²) in [6.07, 6.45) is 0. The van der Waals surface area contributed by atoms with E-state index in [1.54, 1.807) is 0 Å². The van der Waals surface area contributed by atoms with E-state index in [2.05, 4.69) is 138 Å². The number of fused-ring (bicyclic) bond motifs is 3. The molecule has 1 aliphatic heterocycles. The van der Waals surface area contributed by atoms with Crippen LogP contribution in [-0.2, 0) is 21.1 Å². The molecular formula is C62H106N8. The monoisotopic (exact) mass is 963 g/mol. The van der Waals surface area contributed by atoms with Crippen molar-refractivity contribution in [3.05, 3.63) is 126 Å². The van der Waals surface area contributed by atoms with Crippen LogP contribution in [0.4, 0.5) is 11.4 Å². The van der Waals surface area contributed by atoms with Crippen molar-refractivity contribution in [2.45, 2.75) is 180 Å². The second kappa shape index (κ2) is 44.4. The second-order valence-electron chi connectivity index (χ2n) is 12.9. The Bertz CT molecular complexity index is 2490. The number of para-hydroxylation sites is 2. The number of aryl methyl sites for hydroxylation is 6. The Morgan fingerprint density at radius 3 is 1.20 bits per heavy atom. The smallest absolute Gasteiger partial charge is 0.106 e. The lowest BCUT2D eigenvalue weighted by molar-refractivity contribution is 0.827. The average molecular weight is 964 g/mol. The van der Waals surface area contributed by atoms with Gasteiger partial charge in [-0.1, -0.05) is 199 Å². The Labute approximate surface area is 431 Å². The maximum Gasteiger partial charge on any atom is 0.106 e. The molecule has 5 aromatic carbocycles. The first-order valence-electron chi connectivity index (χ1n) is 26.9. The normalized spacial score (nSPS) is 9.34. The summed E-state index contributed by atoms with van der Waals surface area (Å²) in [5.41, 5.74) is 9.27. The zero-order valence-corrected chi connectivity index (χ0v) is 50.8. The highest BCUT2D eigenvalue weighted by Gasteiger charge is 2.16. The molecule has 8 heteroatoms. The van der Waals surface area contributed by atoms with Crippen molar-refractivity contribution < 1.29 is 0 Å². The molecule has 0 radical (unpaired) electrons. The van der Waals surface area contributed by atoms with Crippen molar-refractivity contribution in [1.82, 2.24) is 28.7 Å². The van der Waals surface area contributed by atoms with E-state index in [0.717, 1.165) is 45.7 Å². The van der Waals surface area contributed by atoms with Crippen LogP contribution >= 0.6 is 0 Å². The van der Waals surface area contributed by atoms with Crippen LogP contribution in [0.15, 0.2) is 102 Å². The van der Waals surface area contributed by atoms with E-state index in [9.17, 15) is 0 Å². The van der Waals surface area contributed by atoms with Crippen LogP contribution in [-0.4, -0.2) is 41.5 Å². The zero-order valence-electron chi connectivity index (χ0n) is 50.8. The lowest BCUT2D eigenvalue weighted by atomic mass is 10.0. The number of benzene rings is 5. The van der Waals surface area contributed by atoms with Crippen LogP contribution in [0.3, 0.4) is 0 Å². The van der Waals surface area contributed by atoms with E-state index in [4.69, 9.17) is 0 Å². The molecule has 8 nitrogen and oxygen atoms in total. The highest BCUT2D eigenvalue weighted by molar-refractivity contribution is 6.13. The minimum absolute atomic E-state index is 1.04. The van der Waals surface area contributed by atoms with Gasteiger partial charge in [0.2, 0.25) is 0 Å². The SMILES string of the molecule is CC.CC.CC.CC.CC.CC.CC.CC.CC.CC.CC1=Nc2cccc3cccc(c23)N1C.Cc1nc(C)n(C)c1C.Cc1nc2cc3ccccc3cc2n1C.Cc1nc2ccccc2n1C. The van der Waals surface area contributed by atoms with Crippen molar-refractivity contribution in [2.75, 3.05) is 11.9 Å². The molecule has 0 atom stereocenters. The predicted octanol–water partition coefficient (Wildman–Crippen LogP) is 19.9. The molecule has 0 saturated carbocycles. The first-order chi connectivity index (χ1) is 33.9. The van der Waals surface area contributed by atoms with Crippen LogP contribution in [0.1, 0.15) is 174 Å². The molecule has 0 unspecified atom stereocenters. The standard InChI is InChI=1S/2C13H12N2.C9H10N2.C7H12N2.10C2H6/c1-9-14-11-7-3-5-10-6-4-8-12(13(10)11)15(9)2;1-9-14-12-7-10-5-3-4-6-11(10)8-13(12)15(9)2;1-7-10-8-5-3-4-6-9(8)11(7)2;1-5-6(2)9(4)7(3)8-5;10*1-2/h2*3-8H,1-2H3;3-6H,1-2H3;1-4H3;10*1-2H3. The topological polar surface area (TPSA) is 69.1 Å². The van der Waals surface area contributed by atoms with Crippen LogP contribution < -0.4 is 4.90 Å². The van der Waals surface area contributed by atoms with Crippen LogP contribution in [0.25, 0.3) is 43.6 Å². The Morgan fingerprint density at radius 2 is 0.757 bits per heavy atom. The number of imidazole rings is 3. The number of nitrogens with zero attached hydrogens (tertiary/aromatic N) is 8. The first kappa shape index (κ1) is 73.2. The largest absolute Gasteiger partial charge is 0.335 e. The summed E-state index contributed by atoms with van der Waals surface area (Å²) in [4.78, 5) is 19.9. The predicted molar refractivity (Wildman–Crippen MR) is 324 cm³/mol. The van der Waals surface area contributed by atoms with Gasteiger partial charge in [0.1, 0.15) is 23.3 Å². The lowest BCUT2D eigenvalue weighted by Crippen LogP contribution is -2.25. The third-order valence-electron chi connectivity index (χ3n) is 9.81. The molecule has 70 heavy (non-hydrogen) atoms. The number of aromatic nitrogens is 6. The van der Waals surface area contributed by atoms with E-state index in [1.165, 1.54) is 44.0 Å². The molecule has 3 aromatic heterocycles. The summed E-state index contributed by atoms with van der Waals surface area (Å²) in [7, 11) is 8.18. The molecule has 0 bridgehead atoms. The molecule has 9 rings (SSSR count). The van der Waals surface area contributed by atoms with E-state index in [-0.39, 0.29) is 0 Å². The minimum Gasteiger partial charge on any atom is -0.335 e. The Morgan fingerprint density at radius 1 is 0.357 bits per heavy atom. The number of rotatable bonds is 0. The molecule has 0 spiro atoms. The number of aliphatic imine (C=N–C) groups is 1. The molecule has 0 N–H and O–H groups in total. The summed E-state index contributed by atoms with van der Waals surface area (Å²) < 4.78 is 6.31. The van der Waals surface area contributed by atoms with Crippen molar-refractivity contribution >= 4 is 60.8 Å². The van der Waals surface area contributed by atoms with E-state index < -0.39 is 0 Å². The fraction of sp³-hybridized carbons (Fsp3) is 0.484. The summed E-state index contributed by atoms with van der Waals surface area (Å²) >= 11 is 0. The molecule has 8 aromatic rings. The van der Waals surface area contributed by atoms with Crippen molar-refractivity contribution in [3.8, 4) is 0 Å².